The van der Waals surface area contributed by atoms with Crippen LogP contribution in [0, 0.1) is 5.41 Å². The van der Waals surface area contributed by atoms with Crippen LogP contribution in [0.1, 0.15) is 17.4 Å². The number of esters is 1. The van der Waals surface area contributed by atoms with E-state index in [9.17, 15) is 10.0 Å². The molecule has 0 radical (unpaired) electrons. The van der Waals surface area contributed by atoms with Crippen LogP contribution in [0.25, 0.3) is 11.3 Å². The van der Waals surface area contributed by atoms with Gasteiger partial charge in [-0.1, -0.05) is 30.3 Å². The van der Waals surface area contributed by atoms with Crippen LogP contribution < -0.4 is 5.49 Å². The molecule has 1 aromatic heterocycles. The summed E-state index contributed by atoms with van der Waals surface area (Å²) in [6, 6.07) is 9.07. The third kappa shape index (κ3) is 2.62. The van der Waals surface area contributed by atoms with Crippen LogP contribution >= 0.6 is 0 Å². The lowest BCUT2D eigenvalue weighted by Crippen LogP contribution is -2.28. The molecule has 6 nitrogen and oxygen atoms in total. The Morgan fingerprint density at radius 1 is 1.42 bits per heavy atom. The number of carbonyl (C=O) groups is 1. The molecule has 2 N–H and O–H groups in total. The van der Waals surface area contributed by atoms with Crippen LogP contribution in [0.15, 0.2) is 36.5 Å². The molecule has 0 spiro atoms. The van der Waals surface area contributed by atoms with Gasteiger partial charge in [-0.3, -0.25) is 5.41 Å². The van der Waals surface area contributed by atoms with Gasteiger partial charge in [0.15, 0.2) is 11.2 Å². The lowest BCUT2D eigenvalue weighted by Gasteiger charge is -2.07. The highest BCUT2D eigenvalue weighted by Gasteiger charge is 2.15. The van der Waals surface area contributed by atoms with Crippen LogP contribution in [0.2, 0.25) is 0 Å². The summed E-state index contributed by atoms with van der Waals surface area (Å²) in [6.45, 7) is 1.84. The zero-order valence-corrected chi connectivity index (χ0v) is 10.3. The van der Waals surface area contributed by atoms with Crippen LogP contribution in [0.4, 0.5) is 0 Å². The number of ether oxygens (including phenoxy) is 1. The predicted molar refractivity (Wildman–Crippen MR) is 66.7 cm³/mol. The molecular formula is C13H13N3O3. The molecule has 0 unspecified atom stereocenters. The summed E-state index contributed by atoms with van der Waals surface area (Å²) in [5, 5.41) is 17.3. The van der Waals surface area contributed by atoms with Crippen molar-refractivity contribution < 1.29 is 14.7 Å². The van der Waals surface area contributed by atoms with E-state index in [1.807, 2.05) is 18.2 Å². The van der Waals surface area contributed by atoms with Crippen molar-refractivity contribution in [2.45, 2.75) is 6.92 Å². The summed E-state index contributed by atoms with van der Waals surface area (Å²) in [6.07, 6.45) is 1.28. The van der Waals surface area contributed by atoms with Gasteiger partial charge in [-0.05, 0) is 6.92 Å². The van der Waals surface area contributed by atoms with Crippen molar-refractivity contribution >= 4 is 5.97 Å². The molecule has 0 aliphatic rings. The van der Waals surface area contributed by atoms with Gasteiger partial charge in [-0.15, -0.1) is 0 Å². The molecule has 0 bridgehead atoms. The van der Waals surface area contributed by atoms with Gasteiger partial charge in [0.05, 0.1) is 18.5 Å². The van der Waals surface area contributed by atoms with E-state index in [2.05, 4.69) is 4.98 Å². The highest BCUT2D eigenvalue weighted by atomic mass is 16.5. The first-order valence-corrected chi connectivity index (χ1v) is 5.73. The SMILES string of the molecule is CCOC(=O)c1nc(-c2ccccc2)cn(O)c1=N. The van der Waals surface area contributed by atoms with E-state index in [4.69, 9.17) is 10.1 Å². The van der Waals surface area contributed by atoms with Crippen molar-refractivity contribution in [2.24, 2.45) is 0 Å². The van der Waals surface area contributed by atoms with Gasteiger partial charge >= 0.3 is 5.97 Å². The molecule has 2 rings (SSSR count). The lowest BCUT2D eigenvalue weighted by atomic mass is 10.1. The zero-order chi connectivity index (χ0) is 13.8. The molecule has 0 fully saturated rings. The smallest absolute Gasteiger partial charge is 0.360 e. The minimum atomic E-state index is -0.729. The van der Waals surface area contributed by atoms with Crippen LogP contribution in [0.5, 0.6) is 0 Å². The normalized spacial score (nSPS) is 10.2. The van der Waals surface area contributed by atoms with E-state index in [0.29, 0.717) is 10.4 Å². The second-order valence-electron chi connectivity index (χ2n) is 3.75. The first-order chi connectivity index (χ1) is 9.13. The number of carbonyl (C=O) groups excluding carboxylic acids is 1. The maximum Gasteiger partial charge on any atom is 0.360 e. The number of hydrogen-bond acceptors (Lipinski definition) is 5. The van der Waals surface area contributed by atoms with Crippen molar-refractivity contribution in [2.75, 3.05) is 6.61 Å². The summed E-state index contributed by atoms with van der Waals surface area (Å²) in [5.41, 5.74) is 0.502. The molecule has 19 heavy (non-hydrogen) atoms. The van der Waals surface area contributed by atoms with Gasteiger partial charge in [0, 0.05) is 5.56 Å². The summed E-state index contributed by atoms with van der Waals surface area (Å²) in [4.78, 5) is 15.8. The third-order valence-corrected chi connectivity index (χ3v) is 2.47. The van der Waals surface area contributed by atoms with Crippen LogP contribution in [-0.2, 0) is 4.74 Å². The maximum absolute atomic E-state index is 11.7. The highest BCUT2D eigenvalue weighted by molar-refractivity contribution is 5.87. The molecule has 6 heteroatoms. The molecular weight excluding hydrogens is 246 g/mol. The molecule has 98 valence electrons. The molecule has 2 aromatic rings. The van der Waals surface area contributed by atoms with Crippen molar-refractivity contribution in [3.8, 4) is 11.3 Å². The summed E-state index contributed by atoms with van der Waals surface area (Å²) >= 11 is 0. The molecule has 0 atom stereocenters. The molecule has 0 saturated carbocycles. The zero-order valence-electron chi connectivity index (χ0n) is 10.3. The molecule has 0 aliphatic heterocycles. The topological polar surface area (TPSA) is 88.2 Å². The predicted octanol–water partition coefficient (Wildman–Crippen LogP) is 1.44. The number of nitrogens with one attached hydrogen (secondary N) is 1. The van der Waals surface area contributed by atoms with Gasteiger partial charge in [0.25, 0.3) is 0 Å². The quantitative estimate of drug-likeness (QED) is 0.645. The average molecular weight is 259 g/mol. The van der Waals surface area contributed by atoms with Crippen LogP contribution in [0.3, 0.4) is 0 Å². The Balaban J connectivity index is 2.54. The second kappa shape index (κ2) is 5.34. The van der Waals surface area contributed by atoms with E-state index < -0.39 is 11.5 Å². The fourth-order valence-corrected chi connectivity index (χ4v) is 1.58. The fraction of sp³-hybridized carbons (Fsp3) is 0.154. The van der Waals surface area contributed by atoms with Gasteiger partial charge in [0.2, 0.25) is 0 Å². The number of hydrogen-bond donors (Lipinski definition) is 2. The van der Waals surface area contributed by atoms with Crippen molar-refractivity contribution in [3.05, 3.63) is 47.7 Å². The Hall–Kier alpha value is -2.63. The minimum absolute atomic E-state index is 0.181. The van der Waals surface area contributed by atoms with Crippen molar-refractivity contribution in [3.63, 3.8) is 0 Å². The average Bonchev–Trinajstić information content (AvgIpc) is 2.43. The van der Waals surface area contributed by atoms with E-state index in [1.54, 1.807) is 19.1 Å². The minimum Gasteiger partial charge on any atom is -0.461 e. The van der Waals surface area contributed by atoms with E-state index >= 15 is 0 Å². The largest absolute Gasteiger partial charge is 0.461 e. The van der Waals surface area contributed by atoms with E-state index in [-0.39, 0.29) is 12.3 Å². The number of aromatic nitrogens is 2. The number of rotatable bonds is 3. The summed E-state index contributed by atoms with van der Waals surface area (Å²) in [7, 11) is 0. The summed E-state index contributed by atoms with van der Waals surface area (Å²) in [5.74, 6) is -0.729. The third-order valence-electron chi connectivity index (χ3n) is 2.47. The lowest BCUT2D eigenvalue weighted by molar-refractivity contribution is 0.0508. The Morgan fingerprint density at radius 2 is 2.11 bits per heavy atom. The molecule has 1 heterocycles. The molecule has 1 aromatic carbocycles. The van der Waals surface area contributed by atoms with Crippen molar-refractivity contribution in [1.29, 1.82) is 5.41 Å². The summed E-state index contributed by atoms with van der Waals surface area (Å²) < 4.78 is 5.37. The Labute approximate surface area is 109 Å². The monoisotopic (exact) mass is 259 g/mol. The maximum atomic E-state index is 11.7. The molecule has 0 amide bonds. The van der Waals surface area contributed by atoms with Gasteiger partial charge in [-0.25, -0.2) is 9.78 Å². The highest BCUT2D eigenvalue weighted by Crippen LogP contribution is 2.15. The first kappa shape index (κ1) is 12.8. The fourth-order valence-electron chi connectivity index (χ4n) is 1.58. The standard InChI is InChI=1S/C13H13N3O3/c1-2-19-13(17)11-12(14)16(18)8-10(15-11)9-6-4-3-5-7-9/h3-8,14,18H,2H2,1H3. The molecule has 0 saturated heterocycles. The van der Waals surface area contributed by atoms with E-state index in [1.165, 1.54) is 6.20 Å². The number of benzene rings is 1. The molecule has 0 aliphatic carbocycles. The van der Waals surface area contributed by atoms with Gasteiger partial charge < -0.3 is 9.94 Å². The number of nitrogens with zero attached hydrogens (tertiary/aromatic N) is 2. The second-order valence-corrected chi connectivity index (χ2v) is 3.75. The van der Waals surface area contributed by atoms with Crippen molar-refractivity contribution in [1.82, 2.24) is 9.71 Å². The van der Waals surface area contributed by atoms with Gasteiger partial charge in [-0.2, -0.15) is 4.73 Å². The Bertz CT molecular complexity index is 650. The Morgan fingerprint density at radius 3 is 2.74 bits per heavy atom. The first-order valence-electron chi connectivity index (χ1n) is 5.73. The Kier molecular flexibility index (Phi) is 3.61. The van der Waals surface area contributed by atoms with Crippen LogP contribution in [-0.4, -0.2) is 27.5 Å². The van der Waals surface area contributed by atoms with E-state index in [0.717, 1.165) is 5.56 Å². The van der Waals surface area contributed by atoms with Gasteiger partial charge in [0.1, 0.15) is 0 Å².